The highest BCUT2D eigenvalue weighted by molar-refractivity contribution is 8.04. The van der Waals surface area contributed by atoms with E-state index in [0.29, 0.717) is 14.8 Å². The van der Waals surface area contributed by atoms with Crippen molar-refractivity contribution in [3.05, 3.63) is 66.7 Å². The molecule has 8 heteroatoms. The summed E-state index contributed by atoms with van der Waals surface area (Å²) in [5.41, 5.74) is 0. The van der Waals surface area contributed by atoms with E-state index < -0.39 is 20.0 Å². The maximum absolute atomic E-state index is 12.8. The van der Waals surface area contributed by atoms with Gasteiger partial charge in [0.2, 0.25) is 0 Å². The van der Waals surface area contributed by atoms with E-state index in [0.717, 1.165) is 12.4 Å². The Kier molecular flexibility index (Phi) is 4.74. The normalized spacial score (nSPS) is 12.4. The number of fused-ring (bicyclic) bond motifs is 1. The minimum absolute atomic E-state index is 0.0872. The molecule has 0 aliphatic carbocycles. The first-order valence-corrected chi connectivity index (χ1v) is 10.5. The molecule has 0 unspecified atom stereocenters. The summed E-state index contributed by atoms with van der Waals surface area (Å²) in [5, 5.41) is 1.58. The van der Waals surface area contributed by atoms with Gasteiger partial charge in [-0.1, -0.05) is 34.0 Å². The van der Waals surface area contributed by atoms with Crippen LogP contribution in [0.5, 0.6) is 5.75 Å². The summed E-state index contributed by atoms with van der Waals surface area (Å²) in [6, 6.07) is 17.3. The lowest BCUT2D eigenvalue weighted by Crippen LogP contribution is -2.33. The molecule has 0 atom stereocenters. The molecule has 0 radical (unpaired) electrons. The molecule has 26 heavy (non-hydrogen) atoms. The number of hydrogen-bond donors (Lipinski definition) is 0. The number of rotatable bonds is 5. The number of sulfonamides is 2. The van der Waals surface area contributed by atoms with Gasteiger partial charge in [-0.25, -0.2) is 16.8 Å². The summed E-state index contributed by atoms with van der Waals surface area (Å²) in [4.78, 5) is -0.221. The summed E-state index contributed by atoms with van der Waals surface area (Å²) < 4.78 is 56.5. The molecular weight excluding hydrogens is 374 g/mol. The van der Waals surface area contributed by atoms with E-state index in [-0.39, 0.29) is 9.79 Å². The molecule has 0 N–H and O–H groups in total. The van der Waals surface area contributed by atoms with Crippen LogP contribution in [0.1, 0.15) is 0 Å². The van der Waals surface area contributed by atoms with Crippen molar-refractivity contribution >= 4 is 30.8 Å². The number of methoxy groups -OCH3 is 1. The summed E-state index contributed by atoms with van der Waals surface area (Å²) in [6.45, 7) is 0. The topological polar surface area (TPSA) is 80.8 Å². The highest BCUT2D eigenvalue weighted by Crippen LogP contribution is 2.26. The second kappa shape index (κ2) is 6.71. The lowest BCUT2D eigenvalue weighted by Gasteiger charge is -2.18. The largest absolute Gasteiger partial charge is 0.497 e. The Morgan fingerprint density at radius 2 is 1.27 bits per heavy atom. The minimum atomic E-state index is -4.24. The molecule has 136 valence electrons. The third kappa shape index (κ3) is 3.18. The van der Waals surface area contributed by atoms with Gasteiger partial charge in [0.1, 0.15) is 5.75 Å². The van der Waals surface area contributed by atoms with Crippen molar-refractivity contribution < 1.29 is 21.6 Å². The fraction of sp³-hybridized carbons (Fsp3) is 0.111. The van der Waals surface area contributed by atoms with E-state index in [1.165, 1.54) is 43.5 Å². The molecule has 3 aromatic rings. The van der Waals surface area contributed by atoms with Gasteiger partial charge in [-0.05, 0) is 47.2 Å². The Hall–Kier alpha value is -2.42. The Morgan fingerprint density at radius 3 is 1.88 bits per heavy atom. The molecule has 0 aromatic heterocycles. The zero-order chi connectivity index (χ0) is 18.9. The van der Waals surface area contributed by atoms with Crippen LogP contribution in [0.15, 0.2) is 76.5 Å². The van der Waals surface area contributed by atoms with E-state index in [2.05, 4.69) is 0 Å². The van der Waals surface area contributed by atoms with Gasteiger partial charge in [0.15, 0.2) is 0 Å². The summed E-state index contributed by atoms with van der Waals surface area (Å²) >= 11 is 0. The molecule has 6 nitrogen and oxygen atoms in total. The van der Waals surface area contributed by atoms with Gasteiger partial charge in [-0.3, -0.25) is 0 Å². The van der Waals surface area contributed by atoms with Crippen LogP contribution in [0.4, 0.5) is 0 Å². The first kappa shape index (κ1) is 18.4. The minimum Gasteiger partial charge on any atom is -0.497 e. The summed E-state index contributed by atoms with van der Waals surface area (Å²) in [5.74, 6) is 0.476. The van der Waals surface area contributed by atoms with E-state index in [1.54, 1.807) is 18.2 Å². The molecule has 0 aliphatic heterocycles. The highest BCUT2D eigenvalue weighted by atomic mass is 32.3. The van der Waals surface area contributed by atoms with E-state index in [4.69, 9.17) is 4.74 Å². The van der Waals surface area contributed by atoms with Gasteiger partial charge >= 0.3 is 0 Å². The van der Waals surface area contributed by atoms with Gasteiger partial charge in [0.25, 0.3) is 20.0 Å². The summed E-state index contributed by atoms with van der Waals surface area (Å²) in [7, 11) is -5.98. The molecule has 0 fully saturated rings. The van der Waals surface area contributed by atoms with Gasteiger partial charge < -0.3 is 4.74 Å². The molecule has 0 aliphatic rings. The lowest BCUT2D eigenvalue weighted by atomic mass is 10.1. The average Bonchev–Trinajstić information content (AvgIpc) is 2.66. The van der Waals surface area contributed by atoms with Gasteiger partial charge in [-0.15, -0.1) is 0 Å². The van der Waals surface area contributed by atoms with Gasteiger partial charge in [-0.2, -0.15) is 0 Å². The maximum atomic E-state index is 12.8. The predicted octanol–water partition coefficient (Wildman–Crippen LogP) is 2.86. The molecule has 3 aromatic carbocycles. The molecule has 0 saturated heterocycles. The quantitative estimate of drug-likeness (QED) is 0.668. The number of ether oxygens (including phenoxy) is 1. The van der Waals surface area contributed by atoms with Crippen LogP contribution < -0.4 is 4.74 Å². The van der Waals surface area contributed by atoms with Gasteiger partial charge in [0, 0.05) is 7.05 Å². The molecule has 0 saturated carbocycles. The Morgan fingerprint density at radius 1 is 0.731 bits per heavy atom. The second-order valence-electron chi connectivity index (χ2n) is 5.57. The predicted molar refractivity (Wildman–Crippen MR) is 99.1 cm³/mol. The van der Waals surface area contributed by atoms with Crippen molar-refractivity contribution in [2.24, 2.45) is 0 Å². The van der Waals surface area contributed by atoms with Crippen molar-refractivity contribution in [1.29, 1.82) is 0 Å². The number of benzene rings is 3. The fourth-order valence-electron chi connectivity index (χ4n) is 2.50. The van der Waals surface area contributed by atoms with Crippen LogP contribution in [0, 0.1) is 0 Å². The van der Waals surface area contributed by atoms with Crippen LogP contribution in [-0.4, -0.2) is 34.7 Å². The van der Waals surface area contributed by atoms with Crippen molar-refractivity contribution in [3.63, 3.8) is 0 Å². The molecule has 0 bridgehead atoms. The van der Waals surface area contributed by atoms with Crippen LogP contribution in [0.3, 0.4) is 0 Å². The zero-order valence-electron chi connectivity index (χ0n) is 14.2. The van der Waals surface area contributed by atoms with E-state index in [9.17, 15) is 16.8 Å². The average molecular weight is 391 g/mol. The van der Waals surface area contributed by atoms with Crippen LogP contribution in [0.2, 0.25) is 0 Å². The third-order valence-corrected chi connectivity index (χ3v) is 8.30. The second-order valence-corrected chi connectivity index (χ2v) is 9.74. The molecule has 3 rings (SSSR count). The fourth-order valence-corrected chi connectivity index (χ4v) is 5.64. The standard InChI is InChI=1S/C18H17NO5S2/c1-19(25(20,21)17-11-8-16(24-2)9-12-17)26(22,23)18-10-7-14-5-3-4-6-15(14)13-18/h3-13H,1-2H3. The summed E-state index contributed by atoms with van der Waals surface area (Å²) in [6.07, 6.45) is 0. The number of nitrogens with zero attached hydrogens (tertiary/aromatic N) is 1. The van der Waals surface area contributed by atoms with Crippen LogP contribution in [0.25, 0.3) is 10.8 Å². The SMILES string of the molecule is COc1ccc(S(=O)(=O)N(C)S(=O)(=O)c2ccc3ccccc3c2)cc1. The van der Waals surface area contributed by atoms with Crippen molar-refractivity contribution in [2.75, 3.05) is 14.2 Å². The zero-order valence-corrected chi connectivity index (χ0v) is 15.8. The smallest absolute Gasteiger partial charge is 0.256 e. The first-order valence-electron chi connectivity index (χ1n) is 7.64. The molecule has 0 heterocycles. The highest BCUT2D eigenvalue weighted by Gasteiger charge is 2.33. The van der Waals surface area contributed by atoms with E-state index >= 15 is 0 Å². The first-order chi connectivity index (χ1) is 12.3. The monoisotopic (exact) mass is 391 g/mol. The molecule has 0 amide bonds. The van der Waals surface area contributed by atoms with Gasteiger partial charge in [0.05, 0.1) is 16.9 Å². The van der Waals surface area contributed by atoms with Crippen molar-refractivity contribution in [2.45, 2.75) is 9.79 Å². The molecule has 0 spiro atoms. The van der Waals surface area contributed by atoms with E-state index in [1.807, 2.05) is 12.1 Å². The van der Waals surface area contributed by atoms with Crippen LogP contribution in [-0.2, 0) is 20.0 Å². The Labute approximate surface area is 152 Å². The van der Waals surface area contributed by atoms with Crippen molar-refractivity contribution in [3.8, 4) is 5.75 Å². The Bertz CT molecular complexity index is 1150. The van der Waals surface area contributed by atoms with Crippen LogP contribution >= 0.6 is 0 Å². The number of hydrogen-bond acceptors (Lipinski definition) is 5. The molecular formula is C18H17NO5S2. The Balaban J connectivity index is 2.03. The van der Waals surface area contributed by atoms with Crippen molar-refractivity contribution in [1.82, 2.24) is 3.71 Å². The maximum Gasteiger partial charge on any atom is 0.256 e. The third-order valence-electron chi connectivity index (χ3n) is 4.05. The lowest BCUT2D eigenvalue weighted by molar-refractivity contribution is 0.414.